The number of nitrogens with zero attached hydrogens (tertiary/aromatic N) is 4. The molecule has 5 rings (SSSR count). The molecule has 1 aromatic carbocycles. The first-order chi connectivity index (χ1) is 14.8. The molecular formula is C22H25N5O3. The van der Waals surface area contributed by atoms with Crippen molar-refractivity contribution in [2.24, 2.45) is 0 Å². The fourth-order valence-corrected chi connectivity index (χ4v) is 4.01. The molecule has 2 aromatic heterocycles. The van der Waals surface area contributed by atoms with Crippen molar-refractivity contribution in [2.45, 2.75) is 31.8 Å². The predicted octanol–water partition coefficient (Wildman–Crippen LogP) is 2.74. The molecule has 0 spiro atoms. The second-order valence-electron chi connectivity index (χ2n) is 7.72. The van der Waals surface area contributed by atoms with Crippen molar-refractivity contribution >= 4 is 28.4 Å². The molecule has 0 amide bonds. The molecule has 1 N–H and O–H groups in total. The minimum absolute atomic E-state index is 0.0624. The van der Waals surface area contributed by atoms with Crippen LogP contribution in [-0.4, -0.2) is 47.1 Å². The summed E-state index contributed by atoms with van der Waals surface area (Å²) in [6.07, 6.45) is 5.97. The molecule has 1 aliphatic carbocycles. The highest BCUT2D eigenvalue weighted by Gasteiger charge is 2.19. The molecule has 156 valence electrons. The van der Waals surface area contributed by atoms with E-state index in [1.807, 2.05) is 12.1 Å². The summed E-state index contributed by atoms with van der Waals surface area (Å²) >= 11 is 0. The van der Waals surface area contributed by atoms with Crippen molar-refractivity contribution in [3.8, 4) is 0 Å². The Labute approximate surface area is 174 Å². The fourth-order valence-electron chi connectivity index (χ4n) is 4.01. The molecule has 30 heavy (non-hydrogen) atoms. The summed E-state index contributed by atoms with van der Waals surface area (Å²) in [5.41, 5.74) is 2.32. The lowest BCUT2D eigenvalue weighted by Crippen LogP contribution is -2.36. The standard InChI is InChI=1S/C22H25N5O3/c28-20-10-5-16-15-23-22(25-21(16)27(20)30-19-3-1-2-4-19)24-17-6-8-18(9-7-17)26-11-13-29-14-12-26/h5-10,15,19H,1-4,11-14H2,(H,23,24,25). The number of hydrogen-bond acceptors (Lipinski definition) is 7. The van der Waals surface area contributed by atoms with Crippen molar-refractivity contribution in [1.29, 1.82) is 0 Å². The van der Waals surface area contributed by atoms with E-state index in [9.17, 15) is 4.79 Å². The molecular weight excluding hydrogens is 382 g/mol. The molecule has 1 saturated heterocycles. The van der Waals surface area contributed by atoms with Gasteiger partial charge in [0.2, 0.25) is 5.95 Å². The van der Waals surface area contributed by atoms with E-state index in [2.05, 4.69) is 32.3 Å². The van der Waals surface area contributed by atoms with Crippen molar-refractivity contribution in [3.63, 3.8) is 0 Å². The van der Waals surface area contributed by atoms with Crippen LogP contribution in [0.25, 0.3) is 11.0 Å². The van der Waals surface area contributed by atoms with Gasteiger partial charge >= 0.3 is 0 Å². The minimum Gasteiger partial charge on any atom is -0.405 e. The lowest BCUT2D eigenvalue weighted by molar-refractivity contribution is 0.0422. The highest BCUT2D eigenvalue weighted by atomic mass is 16.7. The van der Waals surface area contributed by atoms with Crippen LogP contribution >= 0.6 is 0 Å². The van der Waals surface area contributed by atoms with Crippen molar-refractivity contribution < 1.29 is 9.57 Å². The largest absolute Gasteiger partial charge is 0.405 e. The predicted molar refractivity (Wildman–Crippen MR) is 115 cm³/mol. The van der Waals surface area contributed by atoms with Gasteiger partial charge in [0.1, 0.15) is 6.10 Å². The maximum absolute atomic E-state index is 12.4. The van der Waals surface area contributed by atoms with Crippen molar-refractivity contribution in [1.82, 2.24) is 14.7 Å². The molecule has 3 heterocycles. The molecule has 8 nitrogen and oxygen atoms in total. The van der Waals surface area contributed by atoms with E-state index >= 15 is 0 Å². The topological polar surface area (TPSA) is 81.5 Å². The molecule has 0 radical (unpaired) electrons. The fraction of sp³-hybridized carbons (Fsp3) is 0.409. The number of benzene rings is 1. The normalized spacial score (nSPS) is 17.4. The van der Waals surface area contributed by atoms with E-state index in [1.54, 1.807) is 12.3 Å². The van der Waals surface area contributed by atoms with Crippen LogP contribution in [0.5, 0.6) is 0 Å². The maximum Gasteiger partial charge on any atom is 0.285 e. The lowest BCUT2D eigenvalue weighted by atomic mass is 10.2. The van der Waals surface area contributed by atoms with Gasteiger partial charge in [-0.05, 0) is 56.0 Å². The Morgan fingerprint density at radius 1 is 1.03 bits per heavy atom. The van der Waals surface area contributed by atoms with Gasteiger partial charge in [-0.1, -0.05) is 0 Å². The third-order valence-electron chi connectivity index (χ3n) is 5.65. The van der Waals surface area contributed by atoms with Crippen LogP contribution in [0.3, 0.4) is 0 Å². The van der Waals surface area contributed by atoms with Gasteiger partial charge in [0.05, 0.1) is 13.2 Å². The molecule has 1 saturated carbocycles. The molecule has 0 unspecified atom stereocenters. The summed E-state index contributed by atoms with van der Waals surface area (Å²) in [6.45, 7) is 3.32. The van der Waals surface area contributed by atoms with Crippen LogP contribution in [0.1, 0.15) is 25.7 Å². The number of pyridine rings is 1. The first-order valence-corrected chi connectivity index (χ1v) is 10.5. The second kappa shape index (κ2) is 8.31. The molecule has 8 heteroatoms. The highest BCUT2D eigenvalue weighted by molar-refractivity contribution is 5.75. The monoisotopic (exact) mass is 407 g/mol. The van der Waals surface area contributed by atoms with Gasteiger partial charge in [0.15, 0.2) is 5.65 Å². The smallest absolute Gasteiger partial charge is 0.285 e. The van der Waals surface area contributed by atoms with Crippen LogP contribution < -0.4 is 20.6 Å². The van der Waals surface area contributed by atoms with Crippen molar-refractivity contribution in [2.75, 3.05) is 36.5 Å². The van der Waals surface area contributed by atoms with Crippen LogP contribution in [0.2, 0.25) is 0 Å². The zero-order valence-corrected chi connectivity index (χ0v) is 16.8. The number of nitrogens with one attached hydrogen (secondary N) is 1. The SMILES string of the molecule is O=c1ccc2cnc(Nc3ccc(N4CCOCC4)cc3)nc2n1OC1CCCC1. The van der Waals surface area contributed by atoms with E-state index in [0.717, 1.165) is 63.1 Å². The van der Waals surface area contributed by atoms with E-state index < -0.39 is 0 Å². The Bertz CT molecular complexity index is 1070. The Kier molecular flexibility index (Phi) is 5.23. The second-order valence-corrected chi connectivity index (χ2v) is 7.72. The summed E-state index contributed by atoms with van der Waals surface area (Å²) in [7, 11) is 0. The van der Waals surface area contributed by atoms with Gasteiger partial charge in [-0.2, -0.15) is 4.98 Å². The Morgan fingerprint density at radius 2 is 1.80 bits per heavy atom. The molecule has 2 fully saturated rings. The first kappa shape index (κ1) is 18.9. The molecule has 3 aromatic rings. The highest BCUT2D eigenvalue weighted by Crippen LogP contribution is 2.22. The molecule has 2 aliphatic rings. The Morgan fingerprint density at radius 3 is 2.57 bits per heavy atom. The first-order valence-electron chi connectivity index (χ1n) is 10.5. The van der Waals surface area contributed by atoms with Crippen LogP contribution in [0.15, 0.2) is 47.4 Å². The van der Waals surface area contributed by atoms with Gasteiger partial charge in [-0.25, -0.2) is 4.98 Å². The summed E-state index contributed by atoms with van der Waals surface area (Å²) in [5.74, 6) is 0.427. The van der Waals surface area contributed by atoms with Crippen LogP contribution in [0.4, 0.5) is 17.3 Å². The molecule has 0 bridgehead atoms. The van der Waals surface area contributed by atoms with Gasteiger partial charge in [-0.15, -0.1) is 4.73 Å². The summed E-state index contributed by atoms with van der Waals surface area (Å²) in [4.78, 5) is 29.7. The molecule has 0 atom stereocenters. The Balaban J connectivity index is 1.38. The third kappa shape index (κ3) is 3.95. The van der Waals surface area contributed by atoms with Gasteiger partial charge in [-0.3, -0.25) is 4.79 Å². The number of fused-ring (bicyclic) bond motifs is 1. The summed E-state index contributed by atoms with van der Waals surface area (Å²) < 4.78 is 6.73. The summed E-state index contributed by atoms with van der Waals surface area (Å²) in [6, 6.07) is 11.4. The number of ether oxygens (including phenoxy) is 1. The van der Waals surface area contributed by atoms with Crippen LogP contribution in [-0.2, 0) is 4.74 Å². The van der Waals surface area contributed by atoms with E-state index in [1.165, 1.54) is 16.5 Å². The lowest BCUT2D eigenvalue weighted by Gasteiger charge is -2.28. The average Bonchev–Trinajstić information content (AvgIpc) is 3.30. The van der Waals surface area contributed by atoms with E-state index in [4.69, 9.17) is 9.57 Å². The average molecular weight is 407 g/mol. The molecule has 1 aliphatic heterocycles. The Hall–Kier alpha value is -3.13. The number of hydrogen-bond donors (Lipinski definition) is 1. The summed E-state index contributed by atoms with van der Waals surface area (Å²) in [5, 5.41) is 3.99. The number of morpholine rings is 1. The van der Waals surface area contributed by atoms with Crippen LogP contribution in [0, 0.1) is 0 Å². The number of rotatable bonds is 5. The zero-order chi connectivity index (χ0) is 20.3. The van der Waals surface area contributed by atoms with Crippen molar-refractivity contribution in [3.05, 3.63) is 52.9 Å². The van der Waals surface area contributed by atoms with E-state index in [0.29, 0.717) is 11.6 Å². The maximum atomic E-state index is 12.4. The number of anilines is 3. The minimum atomic E-state index is -0.214. The third-order valence-corrected chi connectivity index (χ3v) is 5.65. The zero-order valence-electron chi connectivity index (χ0n) is 16.8. The number of aromatic nitrogens is 3. The quantitative estimate of drug-likeness (QED) is 0.696. The van der Waals surface area contributed by atoms with Gasteiger partial charge < -0.3 is 19.8 Å². The van der Waals surface area contributed by atoms with Gasteiger partial charge in [0, 0.05) is 42.1 Å². The van der Waals surface area contributed by atoms with Gasteiger partial charge in [0.25, 0.3) is 5.56 Å². The van der Waals surface area contributed by atoms with E-state index in [-0.39, 0.29) is 11.7 Å².